The fourth-order valence-corrected chi connectivity index (χ4v) is 6.65. The molecule has 0 saturated carbocycles. The molecule has 0 radical (unpaired) electrons. The van der Waals surface area contributed by atoms with Crippen molar-refractivity contribution >= 4 is 16.7 Å². The van der Waals surface area contributed by atoms with Crippen LogP contribution in [0.4, 0.5) is 5.69 Å². The molecular weight excluding hydrogens is 624 g/mol. The second-order valence-electron chi connectivity index (χ2n) is 12.7. The van der Waals surface area contributed by atoms with Crippen molar-refractivity contribution in [3.05, 3.63) is 154 Å². The minimum atomic E-state index is -1.22. The van der Waals surface area contributed by atoms with Crippen LogP contribution >= 0.6 is 0 Å². The van der Waals surface area contributed by atoms with Gasteiger partial charge in [-0.25, -0.2) is 0 Å². The van der Waals surface area contributed by atoms with Gasteiger partial charge in [-0.2, -0.15) is 0 Å². The van der Waals surface area contributed by atoms with Gasteiger partial charge in [0.05, 0.1) is 12.5 Å². The minimum Gasteiger partial charge on any atom is -0.496 e. The second-order valence-corrected chi connectivity index (χ2v) is 12.7. The summed E-state index contributed by atoms with van der Waals surface area (Å²) in [5.74, 6) is 1.13. The lowest BCUT2D eigenvalue weighted by atomic mass is 9.97. The quantitative estimate of drug-likeness (QED) is 0.114. The lowest BCUT2D eigenvalue weighted by molar-refractivity contribution is -0.0456. The van der Waals surface area contributed by atoms with Crippen molar-refractivity contribution in [2.45, 2.75) is 32.1 Å². The number of ether oxygens (including phenoxy) is 3. The van der Waals surface area contributed by atoms with Gasteiger partial charge in [0.15, 0.2) is 16.8 Å². The van der Waals surface area contributed by atoms with E-state index in [1.54, 1.807) is 25.3 Å². The van der Waals surface area contributed by atoms with Crippen molar-refractivity contribution in [3.63, 3.8) is 0 Å². The maximum Gasteiger partial charge on any atom is 0.305 e. The molecule has 254 valence electrons. The zero-order valence-electron chi connectivity index (χ0n) is 28.8. The van der Waals surface area contributed by atoms with E-state index in [1.165, 1.54) is 5.56 Å². The highest BCUT2D eigenvalue weighted by molar-refractivity contribution is 5.87. The molecule has 0 amide bonds. The fourth-order valence-electron chi connectivity index (χ4n) is 6.65. The maximum absolute atomic E-state index is 13.4. The highest BCUT2D eigenvalue weighted by atomic mass is 16.7. The van der Waals surface area contributed by atoms with Crippen LogP contribution in [0.1, 0.15) is 36.5 Å². The number of unbranched alkanes of at least 4 members (excludes halogenated alkanes) is 1. The molecule has 1 aliphatic heterocycles. The van der Waals surface area contributed by atoms with E-state index in [0.717, 1.165) is 67.1 Å². The first-order chi connectivity index (χ1) is 24.5. The number of anilines is 1. The van der Waals surface area contributed by atoms with Crippen LogP contribution in [0.2, 0.25) is 0 Å². The van der Waals surface area contributed by atoms with E-state index < -0.39 is 5.79 Å². The standard InChI is InChI=1S/C43H42N2O5/c1-4-45(30-32-15-11-12-20-38(32)47-3)28-14-13-27-44(2)35-23-21-31(22-24-35)40-29-37(46)36-25-26-39-42(41(36)48-40)50-43(49-39,33-16-7-5-8-17-33)34-18-9-6-10-19-34/h5-12,15-26,29H,4,13-14,27-28,30H2,1-3H3. The van der Waals surface area contributed by atoms with E-state index in [-0.39, 0.29) is 5.43 Å². The summed E-state index contributed by atoms with van der Waals surface area (Å²) in [6.45, 7) is 6.04. The van der Waals surface area contributed by atoms with E-state index >= 15 is 0 Å². The Kier molecular flexibility index (Phi) is 9.58. The molecule has 0 N–H and O–H groups in total. The van der Waals surface area contributed by atoms with Gasteiger partial charge < -0.3 is 23.5 Å². The summed E-state index contributed by atoms with van der Waals surface area (Å²) in [4.78, 5) is 18.1. The van der Waals surface area contributed by atoms with Gasteiger partial charge in [-0.15, -0.1) is 0 Å². The zero-order chi connectivity index (χ0) is 34.5. The number of hydrogen-bond acceptors (Lipinski definition) is 7. The number of hydrogen-bond donors (Lipinski definition) is 0. The third-order valence-corrected chi connectivity index (χ3v) is 9.47. The van der Waals surface area contributed by atoms with Gasteiger partial charge in [0.1, 0.15) is 11.5 Å². The number of fused-ring (bicyclic) bond motifs is 3. The van der Waals surface area contributed by atoms with Gasteiger partial charge >= 0.3 is 5.79 Å². The SMILES string of the molecule is CCN(CCCCN(C)c1ccc(-c2cc(=O)c3ccc4c(c3o2)OC(c2ccccc2)(c2ccccc2)O4)cc1)Cc1ccccc1OC. The first kappa shape index (κ1) is 33.0. The predicted molar refractivity (Wildman–Crippen MR) is 199 cm³/mol. The molecule has 7 rings (SSSR count). The van der Waals surface area contributed by atoms with Crippen LogP contribution in [0.5, 0.6) is 17.2 Å². The summed E-state index contributed by atoms with van der Waals surface area (Å²) >= 11 is 0. The van der Waals surface area contributed by atoms with E-state index in [0.29, 0.717) is 28.2 Å². The van der Waals surface area contributed by atoms with Crippen LogP contribution in [0.25, 0.3) is 22.3 Å². The topological polar surface area (TPSA) is 64.4 Å². The summed E-state index contributed by atoms with van der Waals surface area (Å²) in [5.41, 5.74) is 5.03. The molecule has 5 aromatic carbocycles. The molecule has 0 bridgehead atoms. The minimum absolute atomic E-state index is 0.141. The summed E-state index contributed by atoms with van der Waals surface area (Å²) in [6.07, 6.45) is 2.17. The summed E-state index contributed by atoms with van der Waals surface area (Å²) < 4.78 is 25.3. The van der Waals surface area contributed by atoms with Gasteiger partial charge in [-0.05, 0) is 68.4 Å². The number of para-hydroxylation sites is 1. The number of methoxy groups -OCH3 is 1. The monoisotopic (exact) mass is 666 g/mol. The lowest BCUT2D eigenvalue weighted by Gasteiger charge is -2.28. The first-order valence-corrected chi connectivity index (χ1v) is 17.2. The third kappa shape index (κ3) is 6.57. The molecule has 0 spiro atoms. The molecule has 50 heavy (non-hydrogen) atoms. The first-order valence-electron chi connectivity index (χ1n) is 17.2. The van der Waals surface area contributed by atoms with Crippen molar-refractivity contribution in [2.75, 3.05) is 38.7 Å². The van der Waals surface area contributed by atoms with Crippen LogP contribution < -0.4 is 24.5 Å². The molecule has 2 heterocycles. The Balaban J connectivity index is 1.06. The lowest BCUT2D eigenvalue weighted by Crippen LogP contribution is -2.36. The average molecular weight is 667 g/mol. The normalized spacial score (nSPS) is 13.1. The molecule has 1 aliphatic rings. The van der Waals surface area contributed by atoms with E-state index in [9.17, 15) is 4.79 Å². The fraction of sp³-hybridized carbons (Fsp3) is 0.233. The number of rotatable bonds is 13. The van der Waals surface area contributed by atoms with Crippen LogP contribution in [0, 0.1) is 0 Å². The van der Waals surface area contributed by atoms with Crippen LogP contribution in [0.15, 0.2) is 137 Å². The molecule has 0 unspecified atom stereocenters. The van der Waals surface area contributed by atoms with E-state index in [2.05, 4.69) is 48.0 Å². The zero-order valence-corrected chi connectivity index (χ0v) is 28.8. The van der Waals surface area contributed by atoms with Crippen LogP contribution in [0.3, 0.4) is 0 Å². The Morgan fingerprint density at radius 2 is 1.40 bits per heavy atom. The Bertz CT molecular complexity index is 2070. The smallest absolute Gasteiger partial charge is 0.305 e. The highest BCUT2D eigenvalue weighted by Gasteiger charge is 2.46. The third-order valence-electron chi connectivity index (χ3n) is 9.47. The molecule has 6 aromatic rings. The number of nitrogens with zero attached hydrogens (tertiary/aromatic N) is 2. The Hall–Kier alpha value is -5.53. The highest BCUT2D eigenvalue weighted by Crippen LogP contribution is 2.50. The molecule has 7 heteroatoms. The van der Waals surface area contributed by atoms with Gasteiger partial charge in [0.2, 0.25) is 5.75 Å². The maximum atomic E-state index is 13.4. The molecule has 7 nitrogen and oxygen atoms in total. The van der Waals surface area contributed by atoms with Crippen molar-refractivity contribution in [2.24, 2.45) is 0 Å². The van der Waals surface area contributed by atoms with Gasteiger partial charge in [0, 0.05) is 54.1 Å². The van der Waals surface area contributed by atoms with Gasteiger partial charge in [-0.1, -0.05) is 85.8 Å². The van der Waals surface area contributed by atoms with E-state index in [4.69, 9.17) is 18.6 Å². The molecular formula is C43H42N2O5. The summed E-state index contributed by atoms with van der Waals surface area (Å²) in [6, 6.07) is 41.1. The summed E-state index contributed by atoms with van der Waals surface area (Å²) in [7, 11) is 3.84. The largest absolute Gasteiger partial charge is 0.496 e. The molecule has 0 fully saturated rings. The van der Waals surface area contributed by atoms with Crippen molar-refractivity contribution in [1.82, 2.24) is 4.90 Å². The average Bonchev–Trinajstić information content (AvgIpc) is 3.58. The molecule has 1 aromatic heterocycles. The molecule has 0 aliphatic carbocycles. The molecule has 0 saturated heterocycles. The van der Waals surface area contributed by atoms with Crippen LogP contribution in [-0.4, -0.2) is 38.7 Å². The second kappa shape index (κ2) is 14.5. The Morgan fingerprint density at radius 3 is 2.08 bits per heavy atom. The predicted octanol–water partition coefficient (Wildman–Crippen LogP) is 8.88. The molecule has 0 atom stereocenters. The Morgan fingerprint density at radius 1 is 0.740 bits per heavy atom. The van der Waals surface area contributed by atoms with Gasteiger partial charge in [-0.3, -0.25) is 9.69 Å². The Labute approximate surface area is 293 Å². The van der Waals surface area contributed by atoms with E-state index in [1.807, 2.05) is 84.9 Å². The van der Waals surface area contributed by atoms with Gasteiger partial charge in [0.25, 0.3) is 0 Å². The van der Waals surface area contributed by atoms with Crippen molar-refractivity contribution in [3.8, 4) is 28.6 Å². The van der Waals surface area contributed by atoms with Crippen LogP contribution in [-0.2, 0) is 12.3 Å². The van der Waals surface area contributed by atoms with Crippen molar-refractivity contribution in [1.29, 1.82) is 0 Å². The van der Waals surface area contributed by atoms with Crippen molar-refractivity contribution < 1.29 is 18.6 Å². The summed E-state index contributed by atoms with van der Waals surface area (Å²) in [5, 5.41) is 0.439. The number of benzene rings is 5.